The minimum Gasteiger partial charge on any atom is -0.324 e. The molecule has 2 heterocycles. The number of H-pyrrole nitrogens is 1. The van der Waals surface area contributed by atoms with Crippen LogP contribution in [-0.2, 0) is 0 Å². The molecular weight excluding hydrogens is 324 g/mol. The lowest BCUT2D eigenvalue weighted by Gasteiger charge is -2.09. The van der Waals surface area contributed by atoms with Crippen molar-refractivity contribution in [2.75, 3.05) is 10.6 Å². The third-order valence-electron chi connectivity index (χ3n) is 3.76. The molecule has 0 saturated carbocycles. The van der Waals surface area contributed by atoms with Crippen molar-refractivity contribution in [2.24, 2.45) is 0 Å². The van der Waals surface area contributed by atoms with Crippen molar-refractivity contribution >= 4 is 17.6 Å². The van der Waals surface area contributed by atoms with Crippen LogP contribution in [0.15, 0.2) is 36.1 Å². The minimum atomic E-state index is 0.454. The Morgan fingerprint density at radius 2 is 1.92 bits per heavy atom. The summed E-state index contributed by atoms with van der Waals surface area (Å²) >= 11 is 0. The van der Waals surface area contributed by atoms with Gasteiger partial charge in [0.05, 0.1) is 0 Å². The molecule has 3 N–H and O–H groups in total. The molecule has 142 valence electrons. The van der Waals surface area contributed by atoms with Crippen LogP contribution in [0.5, 0.6) is 0 Å². The summed E-state index contributed by atoms with van der Waals surface area (Å²) in [7, 11) is 0. The fourth-order valence-corrected chi connectivity index (χ4v) is 2.21. The number of rotatable bonds is 7. The lowest BCUT2D eigenvalue weighted by molar-refractivity contribution is 0.703. The van der Waals surface area contributed by atoms with E-state index in [1.54, 1.807) is 0 Å². The maximum atomic E-state index is 4.51. The van der Waals surface area contributed by atoms with E-state index in [1.807, 2.05) is 65.0 Å². The molecule has 6 heteroatoms. The van der Waals surface area contributed by atoms with E-state index in [4.69, 9.17) is 0 Å². The van der Waals surface area contributed by atoms with Crippen LogP contribution in [0.25, 0.3) is 0 Å². The lowest BCUT2D eigenvalue weighted by atomic mass is 10.1. The van der Waals surface area contributed by atoms with E-state index in [0.29, 0.717) is 17.7 Å². The van der Waals surface area contributed by atoms with Crippen molar-refractivity contribution in [3.8, 4) is 0 Å². The second kappa shape index (κ2) is 11.1. The normalized spacial score (nSPS) is 12.5. The van der Waals surface area contributed by atoms with E-state index < -0.39 is 0 Å². The van der Waals surface area contributed by atoms with Crippen LogP contribution in [0.4, 0.5) is 17.6 Å². The van der Waals surface area contributed by atoms with Crippen LogP contribution in [0, 0.1) is 6.92 Å². The number of aromatic nitrogens is 4. The monoisotopic (exact) mass is 356 g/mol. The maximum Gasteiger partial charge on any atom is 0.229 e. The Hall–Kier alpha value is -2.63. The highest BCUT2D eigenvalue weighted by Gasteiger charge is 2.09. The predicted molar refractivity (Wildman–Crippen MR) is 111 cm³/mol. The number of hydrogen-bond donors (Lipinski definition) is 3. The zero-order chi connectivity index (χ0) is 19.5. The Kier molecular flexibility index (Phi) is 9.12. The topological polar surface area (TPSA) is 78.5 Å². The van der Waals surface area contributed by atoms with Crippen LogP contribution in [0.2, 0.25) is 0 Å². The SMILES string of the molecule is C/C=C\C(=C/C)Nc1nc(C)cc(Nc2cc(C(C)CC)[nH]n2)n1.CC. The van der Waals surface area contributed by atoms with Gasteiger partial charge in [-0.3, -0.25) is 5.10 Å². The fraction of sp³-hybridized carbons (Fsp3) is 0.450. The van der Waals surface area contributed by atoms with Gasteiger partial charge in [-0.2, -0.15) is 10.1 Å². The van der Waals surface area contributed by atoms with Gasteiger partial charge in [0, 0.05) is 29.2 Å². The summed E-state index contributed by atoms with van der Waals surface area (Å²) in [6, 6.07) is 3.92. The van der Waals surface area contributed by atoms with E-state index in [9.17, 15) is 0 Å². The van der Waals surface area contributed by atoms with E-state index in [0.717, 1.165) is 29.3 Å². The average Bonchev–Trinajstić information content (AvgIpc) is 3.10. The summed E-state index contributed by atoms with van der Waals surface area (Å²) in [5.41, 5.74) is 2.95. The molecule has 0 fully saturated rings. The molecule has 1 atom stereocenters. The van der Waals surface area contributed by atoms with E-state index in [2.05, 4.69) is 44.6 Å². The van der Waals surface area contributed by atoms with Crippen molar-refractivity contribution in [3.05, 3.63) is 47.4 Å². The molecule has 0 amide bonds. The first-order chi connectivity index (χ1) is 12.5. The highest BCUT2D eigenvalue weighted by Crippen LogP contribution is 2.21. The smallest absolute Gasteiger partial charge is 0.229 e. The van der Waals surface area contributed by atoms with Gasteiger partial charge >= 0.3 is 0 Å². The van der Waals surface area contributed by atoms with Gasteiger partial charge in [-0.25, -0.2) is 4.98 Å². The van der Waals surface area contributed by atoms with Gasteiger partial charge in [0.1, 0.15) is 5.82 Å². The molecule has 26 heavy (non-hydrogen) atoms. The largest absolute Gasteiger partial charge is 0.324 e. The number of nitrogens with one attached hydrogen (secondary N) is 3. The van der Waals surface area contributed by atoms with Crippen LogP contribution >= 0.6 is 0 Å². The zero-order valence-electron chi connectivity index (χ0n) is 17.0. The maximum absolute atomic E-state index is 4.51. The van der Waals surface area contributed by atoms with Gasteiger partial charge in [-0.05, 0) is 39.2 Å². The minimum absolute atomic E-state index is 0.454. The highest BCUT2D eigenvalue weighted by atomic mass is 15.2. The second-order valence-corrected chi connectivity index (χ2v) is 5.73. The summed E-state index contributed by atoms with van der Waals surface area (Å²) in [4.78, 5) is 8.94. The molecule has 2 aromatic heterocycles. The third kappa shape index (κ3) is 6.35. The number of nitrogens with zero attached hydrogens (tertiary/aromatic N) is 3. The van der Waals surface area contributed by atoms with Crippen LogP contribution < -0.4 is 10.6 Å². The molecule has 0 aliphatic carbocycles. The first kappa shape index (κ1) is 21.4. The average molecular weight is 357 g/mol. The highest BCUT2D eigenvalue weighted by molar-refractivity contribution is 5.55. The standard InChI is InChI=1S/C18H26N6.C2H6/c1-6-9-14(8-3)20-18-19-13(5)10-16(22-18)21-17-11-15(23-24-17)12(4)7-2;1-2/h6,8-12H,7H2,1-5H3,(H3,19,20,21,22,23,24);1-2H3/b9-6-,14-8+;. The number of hydrogen-bond acceptors (Lipinski definition) is 5. The van der Waals surface area contributed by atoms with E-state index >= 15 is 0 Å². The van der Waals surface area contributed by atoms with Crippen LogP contribution in [0.1, 0.15) is 65.3 Å². The Labute approximate surface area is 157 Å². The summed E-state index contributed by atoms with van der Waals surface area (Å²) in [5.74, 6) is 2.48. The number of allylic oxidation sites excluding steroid dienone is 3. The van der Waals surface area contributed by atoms with Gasteiger partial charge in [0.2, 0.25) is 5.95 Å². The van der Waals surface area contributed by atoms with Gasteiger partial charge < -0.3 is 10.6 Å². The molecule has 0 aliphatic rings. The van der Waals surface area contributed by atoms with Crippen molar-refractivity contribution in [2.45, 2.75) is 60.8 Å². The zero-order valence-corrected chi connectivity index (χ0v) is 17.0. The molecule has 6 nitrogen and oxygen atoms in total. The second-order valence-electron chi connectivity index (χ2n) is 5.73. The summed E-state index contributed by atoms with van der Waals surface area (Å²) in [6.45, 7) is 14.2. The molecule has 2 aromatic rings. The molecule has 0 saturated heterocycles. The Balaban J connectivity index is 0.00000163. The fourth-order valence-electron chi connectivity index (χ4n) is 2.21. The van der Waals surface area contributed by atoms with Crippen molar-refractivity contribution in [1.82, 2.24) is 20.2 Å². The summed E-state index contributed by atoms with van der Waals surface area (Å²) in [5, 5.41) is 13.8. The predicted octanol–water partition coefficient (Wildman–Crippen LogP) is 5.68. The van der Waals surface area contributed by atoms with E-state index in [-0.39, 0.29) is 0 Å². The molecule has 0 aromatic carbocycles. The number of aryl methyl sites for hydroxylation is 1. The Morgan fingerprint density at radius 1 is 1.19 bits per heavy atom. The lowest BCUT2D eigenvalue weighted by Crippen LogP contribution is -2.05. The van der Waals surface area contributed by atoms with Crippen molar-refractivity contribution < 1.29 is 0 Å². The third-order valence-corrected chi connectivity index (χ3v) is 3.76. The molecule has 0 spiro atoms. The Morgan fingerprint density at radius 3 is 2.54 bits per heavy atom. The van der Waals surface area contributed by atoms with Gasteiger partial charge in [-0.1, -0.05) is 39.8 Å². The molecule has 2 rings (SSSR count). The first-order valence-electron chi connectivity index (χ1n) is 9.29. The van der Waals surface area contributed by atoms with Gasteiger partial charge in [0.25, 0.3) is 0 Å². The molecule has 0 aliphatic heterocycles. The molecular formula is C20H32N6. The summed E-state index contributed by atoms with van der Waals surface area (Å²) in [6.07, 6.45) is 6.99. The van der Waals surface area contributed by atoms with Crippen molar-refractivity contribution in [3.63, 3.8) is 0 Å². The quantitative estimate of drug-likeness (QED) is 0.556. The van der Waals surface area contributed by atoms with Gasteiger partial charge in [-0.15, -0.1) is 0 Å². The first-order valence-corrected chi connectivity index (χ1v) is 9.29. The Bertz CT molecular complexity index is 730. The molecule has 0 bridgehead atoms. The van der Waals surface area contributed by atoms with Crippen LogP contribution in [0.3, 0.4) is 0 Å². The van der Waals surface area contributed by atoms with Crippen LogP contribution in [-0.4, -0.2) is 20.2 Å². The number of anilines is 3. The molecule has 0 radical (unpaired) electrons. The number of aromatic amines is 1. The van der Waals surface area contributed by atoms with Gasteiger partial charge in [0.15, 0.2) is 5.82 Å². The van der Waals surface area contributed by atoms with Crippen molar-refractivity contribution in [1.29, 1.82) is 0 Å². The summed E-state index contributed by atoms with van der Waals surface area (Å²) < 4.78 is 0. The van der Waals surface area contributed by atoms with E-state index in [1.165, 1.54) is 0 Å². The molecule has 1 unspecified atom stereocenters.